The van der Waals surface area contributed by atoms with Crippen molar-refractivity contribution in [1.29, 1.82) is 0 Å². The average Bonchev–Trinajstić information content (AvgIpc) is 2.82. The molecule has 1 unspecified atom stereocenters. The molecule has 19 heavy (non-hydrogen) atoms. The van der Waals surface area contributed by atoms with Crippen molar-refractivity contribution in [2.24, 2.45) is 0 Å². The second kappa shape index (κ2) is 5.71. The first-order chi connectivity index (χ1) is 9.26. The molecule has 1 saturated heterocycles. The summed E-state index contributed by atoms with van der Waals surface area (Å²) < 4.78 is 6.36. The first kappa shape index (κ1) is 13.3. The van der Waals surface area contributed by atoms with Crippen molar-refractivity contribution >= 4 is 17.4 Å². The summed E-state index contributed by atoms with van der Waals surface area (Å²) >= 11 is 1.78. The minimum absolute atomic E-state index is 0.234. The molecular formula is C15H22N2OS. The molecule has 4 heteroatoms. The van der Waals surface area contributed by atoms with Crippen molar-refractivity contribution in [2.75, 3.05) is 11.5 Å². The fourth-order valence-electron chi connectivity index (χ4n) is 3.23. The van der Waals surface area contributed by atoms with E-state index in [1.54, 1.807) is 18.0 Å². The highest BCUT2D eigenvalue weighted by atomic mass is 32.2. The number of anilines is 1. The van der Waals surface area contributed by atoms with Crippen LogP contribution in [0.2, 0.25) is 0 Å². The van der Waals surface area contributed by atoms with E-state index in [1.807, 2.05) is 12.1 Å². The summed E-state index contributed by atoms with van der Waals surface area (Å²) in [4.78, 5) is 4.33. The summed E-state index contributed by atoms with van der Waals surface area (Å²) in [6, 6.07) is 3.90. The maximum Gasteiger partial charge on any atom is 0.0962 e. The second-order valence-electron chi connectivity index (χ2n) is 5.76. The quantitative estimate of drug-likeness (QED) is 0.858. The van der Waals surface area contributed by atoms with E-state index in [0.717, 1.165) is 16.5 Å². The number of nitrogens with two attached hydrogens (primary N) is 1. The lowest BCUT2D eigenvalue weighted by Gasteiger charge is -2.33. The summed E-state index contributed by atoms with van der Waals surface area (Å²) in [5.41, 5.74) is 6.60. The summed E-state index contributed by atoms with van der Waals surface area (Å²) in [5.74, 6) is 1.01. The molecule has 0 amide bonds. The van der Waals surface area contributed by atoms with Crippen LogP contribution in [0, 0.1) is 0 Å². The molecule has 2 aliphatic rings. The molecule has 0 radical (unpaired) electrons. The van der Waals surface area contributed by atoms with Gasteiger partial charge in [-0.25, -0.2) is 4.98 Å². The molecule has 0 aromatic carbocycles. The van der Waals surface area contributed by atoms with E-state index >= 15 is 0 Å². The fourth-order valence-corrected chi connectivity index (χ4v) is 4.12. The highest BCUT2D eigenvalue weighted by molar-refractivity contribution is 7.99. The van der Waals surface area contributed by atoms with Gasteiger partial charge in [-0.15, -0.1) is 11.8 Å². The van der Waals surface area contributed by atoms with Gasteiger partial charge < -0.3 is 10.5 Å². The molecule has 1 spiro atoms. The molecule has 1 atom stereocenters. The van der Waals surface area contributed by atoms with Crippen LogP contribution in [0.4, 0.5) is 5.69 Å². The number of ether oxygens (including phenoxy) is 1. The van der Waals surface area contributed by atoms with E-state index in [4.69, 9.17) is 10.5 Å². The number of thioether (sulfide) groups is 1. The number of nitrogen functional groups attached to an aromatic ring is 1. The predicted molar refractivity (Wildman–Crippen MR) is 79.3 cm³/mol. The molecule has 1 aromatic rings. The van der Waals surface area contributed by atoms with Crippen LogP contribution in [0.3, 0.4) is 0 Å². The molecule has 1 aliphatic carbocycles. The molecule has 104 valence electrons. The van der Waals surface area contributed by atoms with E-state index in [-0.39, 0.29) is 5.60 Å². The number of nitrogens with zero attached hydrogens (tertiary/aromatic N) is 1. The number of aromatic nitrogens is 1. The van der Waals surface area contributed by atoms with Gasteiger partial charge in [0.2, 0.25) is 0 Å². The fraction of sp³-hybridized carbons (Fsp3) is 0.667. The summed E-state index contributed by atoms with van der Waals surface area (Å²) in [6.07, 6.45) is 11.2. The van der Waals surface area contributed by atoms with Crippen molar-refractivity contribution in [3.63, 3.8) is 0 Å². The first-order valence-electron chi connectivity index (χ1n) is 7.28. The Labute approximate surface area is 119 Å². The van der Waals surface area contributed by atoms with Crippen LogP contribution in [-0.4, -0.2) is 22.4 Å². The maximum absolute atomic E-state index is 6.36. The van der Waals surface area contributed by atoms with Crippen LogP contribution in [0.25, 0.3) is 0 Å². The Balaban J connectivity index is 1.50. The van der Waals surface area contributed by atoms with Gasteiger partial charge in [-0.05, 0) is 37.8 Å². The Bertz CT molecular complexity index is 415. The number of pyridine rings is 1. The molecule has 1 aliphatic heterocycles. The van der Waals surface area contributed by atoms with Gasteiger partial charge in [0.1, 0.15) is 0 Å². The summed E-state index contributed by atoms with van der Waals surface area (Å²) in [7, 11) is 0. The molecule has 2 fully saturated rings. The van der Waals surface area contributed by atoms with Crippen molar-refractivity contribution < 1.29 is 4.74 Å². The zero-order valence-corrected chi connectivity index (χ0v) is 12.1. The van der Waals surface area contributed by atoms with Gasteiger partial charge in [-0.3, -0.25) is 0 Å². The topological polar surface area (TPSA) is 48.1 Å². The molecule has 2 heterocycles. The molecular weight excluding hydrogens is 256 g/mol. The van der Waals surface area contributed by atoms with Crippen LogP contribution in [0.5, 0.6) is 0 Å². The van der Waals surface area contributed by atoms with E-state index in [2.05, 4.69) is 4.98 Å². The van der Waals surface area contributed by atoms with Gasteiger partial charge in [-0.2, -0.15) is 0 Å². The summed E-state index contributed by atoms with van der Waals surface area (Å²) in [6.45, 7) is 0. The Hall–Kier alpha value is -0.740. The molecule has 1 saturated carbocycles. The Kier molecular flexibility index (Phi) is 3.99. The minimum atomic E-state index is 0.234. The van der Waals surface area contributed by atoms with Crippen molar-refractivity contribution in [3.05, 3.63) is 18.3 Å². The zero-order chi connectivity index (χ0) is 13.1. The van der Waals surface area contributed by atoms with Crippen LogP contribution in [0.15, 0.2) is 23.4 Å². The average molecular weight is 278 g/mol. The molecule has 0 bridgehead atoms. The highest BCUT2D eigenvalue weighted by Crippen LogP contribution is 2.42. The van der Waals surface area contributed by atoms with Gasteiger partial charge in [0.25, 0.3) is 0 Å². The second-order valence-corrected chi connectivity index (χ2v) is 6.80. The van der Waals surface area contributed by atoms with E-state index in [0.29, 0.717) is 6.10 Å². The third kappa shape index (κ3) is 3.23. The monoisotopic (exact) mass is 278 g/mol. The Morgan fingerprint density at radius 2 is 2.11 bits per heavy atom. The zero-order valence-electron chi connectivity index (χ0n) is 11.3. The highest BCUT2D eigenvalue weighted by Gasteiger charge is 2.40. The van der Waals surface area contributed by atoms with Crippen molar-refractivity contribution in [1.82, 2.24) is 4.98 Å². The standard InChI is InChI=1S/C15H22N2OS/c16-12-4-5-14(17-10-12)19-11-13-6-9-15(18-13)7-2-1-3-8-15/h4-5,10,13H,1-3,6-9,11,16H2. The first-order valence-corrected chi connectivity index (χ1v) is 8.27. The van der Waals surface area contributed by atoms with Gasteiger partial charge in [0.15, 0.2) is 0 Å². The largest absolute Gasteiger partial charge is 0.397 e. The van der Waals surface area contributed by atoms with Gasteiger partial charge >= 0.3 is 0 Å². The molecule has 3 nitrogen and oxygen atoms in total. The van der Waals surface area contributed by atoms with Crippen molar-refractivity contribution in [3.8, 4) is 0 Å². The normalized spacial score (nSPS) is 25.8. The lowest BCUT2D eigenvalue weighted by molar-refractivity contribution is -0.0555. The minimum Gasteiger partial charge on any atom is -0.397 e. The number of hydrogen-bond donors (Lipinski definition) is 1. The summed E-state index contributed by atoms with van der Waals surface area (Å²) in [5, 5.41) is 1.04. The Morgan fingerprint density at radius 1 is 1.26 bits per heavy atom. The van der Waals surface area contributed by atoms with Crippen LogP contribution < -0.4 is 5.73 Å². The predicted octanol–water partition coefficient (Wildman–Crippen LogP) is 3.64. The van der Waals surface area contributed by atoms with Gasteiger partial charge in [-0.1, -0.05) is 19.3 Å². The smallest absolute Gasteiger partial charge is 0.0962 e. The lowest BCUT2D eigenvalue weighted by atomic mass is 9.83. The third-order valence-corrected chi connectivity index (χ3v) is 5.36. The van der Waals surface area contributed by atoms with Gasteiger partial charge in [0, 0.05) is 5.75 Å². The van der Waals surface area contributed by atoms with Crippen LogP contribution >= 0.6 is 11.8 Å². The molecule has 1 aromatic heterocycles. The molecule has 2 N–H and O–H groups in total. The number of hydrogen-bond acceptors (Lipinski definition) is 4. The van der Waals surface area contributed by atoms with E-state index in [9.17, 15) is 0 Å². The SMILES string of the molecule is Nc1ccc(SCC2CCC3(CCCCC3)O2)nc1. The number of rotatable bonds is 3. The Morgan fingerprint density at radius 3 is 2.84 bits per heavy atom. The van der Waals surface area contributed by atoms with Crippen LogP contribution in [0.1, 0.15) is 44.9 Å². The third-order valence-electron chi connectivity index (χ3n) is 4.28. The molecule has 3 rings (SSSR count). The van der Waals surface area contributed by atoms with E-state index in [1.165, 1.54) is 44.9 Å². The maximum atomic E-state index is 6.36. The van der Waals surface area contributed by atoms with Crippen LogP contribution in [-0.2, 0) is 4.74 Å². The van der Waals surface area contributed by atoms with Crippen molar-refractivity contribution in [2.45, 2.75) is 61.7 Å². The van der Waals surface area contributed by atoms with Gasteiger partial charge in [0.05, 0.1) is 28.6 Å². The van der Waals surface area contributed by atoms with E-state index < -0.39 is 0 Å². The lowest BCUT2D eigenvalue weighted by Crippen LogP contribution is -2.32.